The highest BCUT2D eigenvalue weighted by atomic mass is 35.5. The lowest BCUT2D eigenvalue weighted by molar-refractivity contribution is 0.417. The van der Waals surface area contributed by atoms with Crippen LogP contribution in [0.5, 0.6) is 5.75 Å². The molecule has 0 fully saturated rings. The minimum Gasteiger partial charge on any atom is -0.496 e. The minimum absolute atomic E-state index is 0.690. The number of hydrogen-bond donors (Lipinski definition) is 0. The molecule has 2 nitrogen and oxygen atoms in total. The Hall–Kier alpha value is -1.77. The van der Waals surface area contributed by atoms with Gasteiger partial charge in [0.1, 0.15) is 5.75 Å². The van der Waals surface area contributed by atoms with E-state index in [4.69, 9.17) is 27.9 Å². The van der Waals surface area contributed by atoms with Crippen molar-refractivity contribution in [1.82, 2.24) is 4.98 Å². The lowest BCUT2D eigenvalue weighted by Crippen LogP contribution is -1.93. The van der Waals surface area contributed by atoms with Crippen molar-refractivity contribution in [3.05, 3.63) is 58.2 Å². The molecule has 4 heteroatoms. The monoisotopic (exact) mass is 317 g/mol. The van der Waals surface area contributed by atoms with E-state index in [0.717, 1.165) is 33.5 Å². The number of fused-ring (bicyclic) bond motifs is 1. The molecule has 0 atom stereocenters. The van der Waals surface area contributed by atoms with Gasteiger partial charge in [-0.1, -0.05) is 35.3 Å². The second kappa shape index (κ2) is 5.55. The van der Waals surface area contributed by atoms with Crippen LogP contribution >= 0.6 is 23.2 Å². The van der Waals surface area contributed by atoms with Crippen LogP contribution in [0.15, 0.2) is 42.5 Å². The van der Waals surface area contributed by atoms with Gasteiger partial charge in [0.05, 0.1) is 23.2 Å². The number of rotatable bonds is 2. The summed E-state index contributed by atoms with van der Waals surface area (Å²) in [6.07, 6.45) is 0. The molecule has 106 valence electrons. The highest BCUT2D eigenvalue weighted by molar-refractivity contribution is 6.35. The average Bonchev–Trinajstić information content (AvgIpc) is 2.47. The second-order valence-corrected chi connectivity index (χ2v) is 5.63. The Morgan fingerprint density at radius 1 is 1.00 bits per heavy atom. The third kappa shape index (κ3) is 2.57. The maximum Gasteiger partial charge on any atom is 0.128 e. The molecule has 0 aliphatic carbocycles. The zero-order valence-corrected chi connectivity index (χ0v) is 13.2. The number of hydrogen-bond acceptors (Lipinski definition) is 2. The fourth-order valence-corrected chi connectivity index (χ4v) is 2.85. The van der Waals surface area contributed by atoms with Crippen LogP contribution in [0.25, 0.3) is 22.0 Å². The fraction of sp³-hybridized carbons (Fsp3) is 0.118. The first-order chi connectivity index (χ1) is 10.1. The number of aryl methyl sites for hydroxylation is 1. The van der Waals surface area contributed by atoms with E-state index < -0.39 is 0 Å². The smallest absolute Gasteiger partial charge is 0.128 e. The van der Waals surface area contributed by atoms with E-state index in [0.29, 0.717) is 10.0 Å². The van der Waals surface area contributed by atoms with Gasteiger partial charge in [0.15, 0.2) is 0 Å². The zero-order valence-electron chi connectivity index (χ0n) is 11.7. The molecule has 0 radical (unpaired) electrons. The van der Waals surface area contributed by atoms with Gasteiger partial charge < -0.3 is 4.74 Å². The van der Waals surface area contributed by atoms with Crippen LogP contribution in [-0.2, 0) is 0 Å². The average molecular weight is 318 g/mol. The third-order valence-electron chi connectivity index (χ3n) is 3.37. The SMILES string of the molecule is COc1ccc2c(Cl)cc(C)nc2c1-c1ccc(Cl)cc1. The number of benzene rings is 2. The number of halogens is 2. The van der Waals surface area contributed by atoms with E-state index >= 15 is 0 Å². The van der Waals surface area contributed by atoms with Gasteiger partial charge in [-0.15, -0.1) is 0 Å². The van der Waals surface area contributed by atoms with E-state index in [1.165, 1.54) is 0 Å². The first kappa shape index (κ1) is 14.2. The Labute approximate surface area is 133 Å². The Kier molecular flexibility index (Phi) is 3.75. The molecule has 21 heavy (non-hydrogen) atoms. The molecule has 1 aromatic heterocycles. The molecule has 0 spiro atoms. The van der Waals surface area contributed by atoms with Gasteiger partial charge in [0.25, 0.3) is 0 Å². The summed E-state index contributed by atoms with van der Waals surface area (Å²) in [4.78, 5) is 4.65. The molecule has 0 unspecified atom stereocenters. The normalized spacial score (nSPS) is 10.9. The van der Waals surface area contributed by atoms with Gasteiger partial charge in [-0.05, 0) is 42.8 Å². The molecule has 0 aliphatic heterocycles. The van der Waals surface area contributed by atoms with Gasteiger partial charge in [0, 0.05) is 16.1 Å². The first-order valence-electron chi connectivity index (χ1n) is 6.50. The highest BCUT2D eigenvalue weighted by Crippen LogP contribution is 2.38. The Bertz CT molecular complexity index is 813. The summed E-state index contributed by atoms with van der Waals surface area (Å²) < 4.78 is 5.50. The van der Waals surface area contributed by atoms with Crippen molar-refractivity contribution in [2.24, 2.45) is 0 Å². The van der Waals surface area contributed by atoms with E-state index in [-0.39, 0.29) is 0 Å². The van der Waals surface area contributed by atoms with Crippen LogP contribution < -0.4 is 4.74 Å². The number of nitrogens with zero attached hydrogens (tertiary/aromatic N) is 1. The zero-order chi connectivity index (χ0) is 15.0. The van der Waals surface area contributed by atoms with Crippen molar-refractivity contribution < 1.29 is 4.74 Å². The minimum atomic E-state index is 0.690. The fourth-order valence-electron chi connectivity index (χ4n) is 2.42. The molecule has 0 N–H and O–H groups in total. The Morgan fingerprint density at radius 3 is 2.38 bits per heavy atom. The highest BCUT2D eigenvalue weighted by Gasteiger charge is 2.14. The molecular weight excluding hydrogens is 305 g/mol. The molecule has 0 saturated heterocycles. The van der Waals surface area contributed by atoms with E-state index in [2.05, 4.69) is 4.98 Å². The lowest BCUT2D eigenvalue weighted by Gasteiger charge is -2.13. The van der Waals surface area contributed by atoms with Crippen molar-refractivity contribution in [1.29, 1.82) is 0 Å². The molecule has 3 aromatic rings. The number of aromatic nitrogens is 1. The number of methoxy groups -OCH3 is 1. The van der Waals surface area contributed by atoms with Crippen LogP contribution in [0.2, 0.25) is 10.0 Å². The molecule has 0 amide bonds. The Balaban J connectivity index is 2.40. The number of pyridine rings is 1. The quantitative estimate of drug-likeness (QED) is 0.620. The van der Waals surface area contributed by atoms with E-state index in [1.54, 1.807) is 7.11 Å². The Morgan fingerprint density at radius 2 is 1.71 bits per heavy atom. The van der Waals surface area contributed by atoms with Gasteiger partial charge in [0.2, 0.25) is 0 Å². The van der Waals surface area contributed by atoms with Crippen molar-refractivity contribution in [3.63, 3.8) is 0 Å². The van der Waals surface area contributed by atoms with Crippen LogP contribution in [0.4, 0.5) is 0 Å². The third-order valence-corrected chi connectivity index (χ3v) is 3.94. The summed E-state index contributed by atoms with van der Waals surface area (Å²) >= 11 is 12.3. The van der Waals surface area contributed by atoms with Gasteiger partial charge in [-0.3, -0.25) is 4.98 Å². The molecule has 2 aromatic carbocycles. The summed E-state index contributed by atoms with van der Waals surface area (Å²) in [6.45, 7) is 1.93. The van der Waals surface area contributed by atoms with Crippen molar-refractivity contribution in [2.45, 2.75) is 6.92 Å². The van der Waals surface area contributed by atoms with Gasteiger partial charge in [-0.2, -0.15) is 0 Å². The van der Waals surface area contributed by atoms with Crippen molar-refractivity contribution in [3.8, 4) is 16.9 Å². The standard InChI is InChI=1S/C17H13Cl2NO/c1-10-9-14(19)13-7-8-15(21-2)16(17(13)20-10)11-3-5-12(18)6-4-11/h3-9H,1-2H3. The predicted molar refractivity (Wildman–Crippen MR) is 88.5 cm³/mol. The van der Waals surface area contributed by atoms with Crippen LogP contribution in [0.1, 0.15) is 5.69 Å². The summed E-state index contributed by atoms with van der Waals surface area (Å²) in [6, 6.07) is 13.3. The number of ether oxygens (including phenoxy) is 1. The molecule has 0 aliphatic rings. The van der Waals surface area contributed by atoms with E-state index in [1.807, 2.05) is 49.4 Å². The van der Waals surface area contributed by atoms with Crippen LogP contribution in [0.3, 0.4) is 0 Å². The van der Waals surface area contributed by atoms with Crippen molar-refractivity contribution in [2.75, 3.05) is 7.11 Å². The topological polar surface area (TPSA) is 22.1 Å². The summed E-state index contributed by atoms with van der Waals surface area (Å²) in [5, 5.41) is 2.29. The molecular formula is C17H13Cl2NO. The lowest BCUT2D eigenvalue weighted by atomic mass is 10.0. The summed E-state index contributed by atoms with van der Waals surface area (Å²) in [7, 11) is 1.65. The van der Waals surface area contributed by atoms with Crippen LogP contribution in [-0.4, -0.2) is 12.1 Å². The predicted octanol–water partition coefficient (Wildman–Crippen LogP) is 5.53. The largest absolute Gasteiger partial charge is 0.496 e. The molecule has 1 heterocycles. The molecule has 3 rings (SSSR count). The maximum atomic E-state index is 6.34. The first-order valence-corrected chi connectivity index (χ1v) is 7.25. The molecule has 0 bridgehead atoms. The molecule has 0 saturated carbocycles. The van der Waals surface area contributed by atoms with Crippen LogP contribution in [0, 0.1) is 6.92 Å². The van der Waals surface area contributed by atoms with Gasteiger partial charge in [-0.25, -0.2) is 0 Å². The maximum absolute atomic E-state index is 6.34. The van der Waals surface area contributed by atoms with E-state index in [9.17, 15) is 0 Å². The summed E-state index contributed by atoms with van der Waals surface area (Å²) in [5.41, 5.74) is 3.63. The van der Waals surface area contributed by atoms with Gasteiger partial charge >= 0.3 is 0 Å². The summed E-state index contributed by atoms with van der Waals surface area (Å²) in [5.74, 6) is 0.763. The van der Waals surface area contributed by atoms with Crippen molar-refractivity contribution >= 4 is 34.1 Å². The second-order valence-electron chi connectivity index (χ2n) is 4.79.